The highest BCUT2D eigenvalue weighted by Gasteiger charge is 2.31. The van der Waals surface area contributed by atoms with E-state index in [2.05, 4.69) is 34.0 Å². The van der Waals surface area contributed by atoms with Crippen molar-refractivity contribution in [2.75, 3.05) is 20.1 Å². The van der Waals surface area contributed by atoms with Crippen molar-refractivity contribution in [1.29, 1.82) is 0 Å². The number of carbonyl (C=O) groups excluding carboxylic acids is 1. The van der Waals surface area contributed by atoms with Gasteiger partial charge in [0, 0.05) is 19.0 Å². The Morgan fingerprint density at radius 3 is 2.75 bits per heavy atom. The Morgan fingerprint density at radius 2 is 2.25 bits per heavy atom. The van der Waals surface area contributed by atoms with Crippen LogP contribution in [0.15, 0.2) is 16.8 Å². The van der Waals surface area contributed by atoms with Crippen molar-refractivity contribution in [3.05, 3.63) is 22.4 Å². The van der Waals surface area contributed by atoms with Gasteiger partial charge >= 0.3 is 0 Å². The van der Waals surface area contributed by atoms with Crippen LogP contribution < -0.4 is 11.1 Å². The number of carbonyl (C=O) groups is 1. The maximum Gasteiger partial charge on any atom is 0.222 e. The highest BCUT2D eigenvalue weighted by atomic mass is 32.1. The predicted octanol–water partition coefficient (Wildman–Crippen LogP) is 1.98. The second kappa shape index (κ2) is 7.20. The quantitative estimate of drug-likeness (QED) is 0.873. The summed E-state index contributed by atoms with van der Waals surface area (Å²) < 4.78 is 0. The van der Waals surface area contributed by atoms with Crippen LogP contribution in [0.5, 0.6) is 0 Å². The van der Waals surface area contributed by atoms with Crippen LogP contribution in [0.3, 0.4) is 0 Å². The van der Waals surface area contributed by atoms with E-state index in [1.807, 2.05) is 0 Å². The average molecular weight is 295 g/mol. The van der Waals surface area contributed by atoms with E-state index in [-0.39, 0.29) is 23.9 Å². The van der Waals surface area contributed by atoms with Crippen LogP contribution in [0.1, 0.15) is 37.8 Å². The predicted molar refractivity (Wildman–Crippen MR) is 83.7 cm³/mol. The Morgan fingerprint density at radius 1 is 1.55 bits per heavy atom. The lowest BCUT2D eigenvalue weighted by Gasteiger charge is -2.39. The molecule has 1 aliphatic rings. The largest absolute Gasteiger partial charge is 0.359 e. The van der Waals surface area contributed by atoms with Crippen molar-refractivity contribution >= 4 is 17.2 Å². The minimum atomic E-state index is 0.154. The number of likely N-dealkylation sites (tertiary alicyclic amines) is 1. The van der Waals surface area contributed by atoms with Crippen LogP contribution in [0.2, 0.25) is 0 Å². The normalized spacial score (nSPS) is 20.6. The van der Waals surface area contributed by atoms with Gasteiger partial charge in [-0.2, -0.15) is 11.3 Å². The first-order valence-corrected chi connectivity index (χ1v) is 8.35. The minimum Gasteiger partial charge on any atom is -0.359 e. The fraction of sp³-hybridized carbons (Fsp3) is 0.667. The monoisotopic (exact) mass is 295 g/mol. The SMILES string of the molecule is CCC(N)C(c1ccsc1)N1CCC(C(=O)NC)CC1. The standard InChI is InChI=1S/C15H25N3OS/c1-3-13(16)14(12-6-9-20-10-12)18-7-4-11(5-8-18)15(19)17-2/h6,9-11,13-14H,3-5,7-8,16H2,1-2H3,(H,17,19). The fourth-order valence-corrected chi connectivity index (χ4v) is 3.73. The van der Waals surface area contributed by atoms with Crippen LogP contribution >= 0.6 is 11.3 Å². The third kappa shape index (κ3) is 3.40. The summed E-state index contributed by atoms with van der Waals surface area (Å²) in [6.07, 6.45) is 2.82. The Balaban J connectivity index is 2.03. The molecular formula is C15H25N3OS. The lowest BCUT2D eigenvalue weighted by molar-refractivity contribution is -0.126. The molecule has 20 heavy (non-hydrogen) atoms. The Labute approximate surface area is 125 Å². The molecular weight excluding hydrogens is 270 g/mol. The number of nitrogens with one attached hydrogen (secondary N) is 1. The molecule has 0 saturated carbocycles. The molecule has 112 valence electrons. The van der Waals surface area contributed by atoms with Gasteiger partial charge in [0.2, 0.25) is 5.91 Å². The molecule has 1 aromatic rings. The lowest BCUT2D eigenvalue weighted by atomic mass is 9.91. The molecule has 0 aromatic carbocycles. The number of hydrogen-bond acceptors (Lipinski definition) is 4. The molecule has 1 fully saturated rings. The molecule has 0 spiro atoms. The summed E-state index contributed by atoms with van der Waals surface area (Å²) in [6.45, 7) is 4.04. The lowest BCUT2D eigenvalue weighted by Crippen LogP contribution is -2.46. The summed E-state index contributed by atoms with van der Waals surface area (Å²) in [7, 11) is 1.72. The number of nitrogens with zero attached hydrogens (tertiary/aromatic N) is 1. The average Bonchev–Trinajstić information content (AvgIpc) is 3.01. The molecule has 2 unspecified atom stereocenters. The molecule has 3 N–H and O–H groups in total. The molecule has 1 saturated heterocycles. The Kier molecular flexibility index (Phi) is 5.57. The van der Waals surface area contributed by atoms with Crippen LogP contribution in [0.4, 0.5) is 0 Å². The number of piperidine rings is 1. The highest BCUT2D eigenvalue weighted by molar-refractivity contribution is 7.07. The van der Waals surface area contributed by atoms with E-state index in [0.717, 1.165) is 32.4 Å². The molecule has 2 atom stereocenters. The first kappa shape index (κ1) is 15.5. The molecule has 4 nitrogen and oxygen atoms in total. The van der Waals surface area contributed by atoms with Gasteiger partial charge < -0.3 is 11.1 Å². The molecule has 0 bridgehead atoms. The summed E-state index contributed by atoms with van der Waals surface area (Å²) in [5.74, 6) is 0.341. The van der Waals surface area contributed by atoms with Crippen molar-refractivity contribution in [2.45, 2.75) is 38.3 Å². The molecule has 1 amide bonds. The number of amides is 1. The fourth-order valence-electron chi connectivity index (χ4n) is 3.04. The van der Waals surface area contributed by atoms with E-state index in [4.69, 9.17) is 5.73 Å². The molecule has 1 aromatic heterocycles. The van der Waals surface area contributed by atoms with Crippen LogP contribution in [0.25, 0.3) is 0 Å². The Bertz CT molecular complexity index is 413. The van der Waals surface area contributed by atoms with Gasteiger partial charge in [-0.25, -0.2) is 0 Å². The van der Waals surface area contributed by atoms with Gasteiger partial charge in [0.25, 0.3) is 0 Å². The van der Waals surface area contributed by atoms with Crippen molar-refractivity contribution in [3.63, 3.8) is 0 Å². The third-order valence-electron chi connectivity index (χ3n) is 4.30. The zero-order valence-corrected chi connectivity index (χ0v) is 13.2. The number of rotatable bonds is 5. The zero-order chi connectivity index (χ0) is 14.5. The summed E-state index contributed by atoms with van der Waals surface area (Å²) >= 11 is 1.72. The number of nitrogens with two attached hydrogens (primary N) is 1. The van der Waals surface area contributed by atoms with Gasteiger partial charge in [0.15, 0.2) is 0 Å². The first-order valence-electron chi connectivity index (χ1n) is 7.40. The number of thiophene rings is 1. The second-order valence-corrected chi connectivity index (χ2v) is 6.28. The first-order chi connectivity index (χ1) is 9.67. The van der Waals surface area contributed by atoms with E-state index >= 15 is 0 Å². The molecule has 0 aliphatic carbocycles. The van der Waals surface area contributed by atoms with E-state index < -0.39 is 0 Å². The molecule has 2 rings (SSSR count). The van der Waals surface area contributed by atoms with Gasteiger partial charge in [-0.15, -0.1) is 0 Å². The van der Waals surface area contributed by atoms with Gasteiger partial charge in [0.05, 0.1) is 6.04 Å². The minimum absolute atomic E-state index is 0.154. The van der Waals surface area contributed by atoms with E-state index in [9.17, 15) is 4.79 Å². The maximum absolute atomic E-state index is 11.7. The van der Waals surface area contributed by atoms with Crippen molar-refractivity contribution in [2.24, 2.45) is 11.7 Å². The third-order valence-corrected chi connectivity index (χ3v) is 5.00. The van der Waals surface area contributed by atoms with E-state index in [0.29, 0.717) is 0 Å². The van der Waals surface area contributed by atoms with Gasteiger partial charge in [0.1, 0.15) is 0 Å². The maximum atomic E-state index is 11.7. The molecule has 5 heteroatoms. The van der Waals surface area contributed by atoms with Gasteiger partial charge in [-0.3, -0.25) is 9.69 Å². The Hall–Kier alpha value is -0.910. The van der Waals surface area contributed by atoms with Crippen LogP contribution in [-0.2, 0) is 4.79 Å². The van der Waals surface area contributed by atoms with Crippen molar-refractivity contribution in [1.82, 2.24) is 10.2 Å². The molecule has 2 heterocycles. The second-order valence-electron chi connectivity index (χ2n) is 5.50. The summed E-state index contributed by atoms with van der Waals surface area (Å²) in [5, 5.41) is 7.07. The van der Waals surface area contributed by atoms with Gasteiger partial charge in [-0.05, 0) is 54.7 Å². The van der Waals surface area contributed by atoms with Crippen LogP contribution in [-0.4, -0.2) is 37.0 Å². The smallest absolute Gasteiger partial charge is 0.222 e. The highest BCUT2D eigenvalue weighted by Crippen LogP contribution is 2.31. The van der Waals surface area contributed by atoms with E-state index in [1.54, 1.807) is 18.4 Å². The van der Waals surface area contributed by atoms with Gasteiger partial charge in [-0.1, -0.05) is 6.92 Å². The molecule has 1 aliphatic heterocycles. The number of hydrogen-bond donors (Lipinski definition) is 2. The van der Waals surface area contributed by atoms with Crippen molar-refractivity contribution < 1.29 is 4.79 Å². The summed E-state index contributed by atoms with van der Waals surface area (Å²) in [6, 6.07) is 2.62. The zero-order valence-electron chi connectivity index (χ0n) is 12.3. The van der Waals surface area contributed by atoms with Crippen molar-refractivity contribution in [3.8, 4) is 0 Å². The summed E-state index contributed by atoms with van der Waals surface area (Å²) in [5.41, 5.74) is 7.67. The topological polar surface area (TPSA) is 58.4 Å². The van der Waals surface area contributed by atoms with E-state index in [1.165, 1.54) is 5.56 Å². The van der Waals surface area contributed by atoms with Crippen LogP contribution in [0, 0.1) is 5.92 Å². The molecule has 0 radical (unpaired) electrons. The summed E-state index contributed by atoms with van der Waals surface area (Å²) in [4.78, 5) is 14.2.